The Hall–Kier alpha value is -1.47. The van der Waals surface area contributed by atoms with E-state index in [4.69, 9.17) is 21.1 Å². The fraction of sp³-hybridized carbons (Fsp3) is 0.529. The summed E-state index contributed by atoms with van der Waals surface area (Å²) in [5.41, 5.74) is 1.02. The molecule has 2 aromatic rings. The molecule has 2 aliphatic heterocycles. The molecule has 0 bridgehead atoms. The number of nitrogens with one attached hydrogen (secondary N) is 1. The quantitative estimate of drug-likeness (QED) is 0.920. The van der Waals surface area contributed by atoms with E-state index in [9.17, 15) is 0 Å². The molecular formula is C17H21ClN4O2. The van der Waals surface area contributed by atoms with Crippen LogP contribution >= 0.6 is 11.6 Å². The van der Waals surface area contributed by atoms with Crippen molar-refractivity contribution in [3.05, 3.63) is 47.0 Å². The van der Waals surface area contributed by atoms with Gasteiger partial charge in [-0.1, -0.05) is 23.7 Å². The first-order valence-electron chi connectivity index (χ1n) is 8.38. The minimum absolute atomic E-state index is 0.118. The minimum atomic E-state index is -0.279. The zero-order valence-corrected chi connectivity index (χ0v) is 14.2. The number of halogens is 1. The molecular weight excluding hydrogens is 328 g/mol. The maximum absolute atomic E-state index is 6.05. The van der Waals surface area contributed by atoms with Crippen LogP contribution in [0, 0.1) is 0 Å². The fourth-order valence-electron chi connectivity index (χ4n) is 3.43. The van der Waals surface area contributed by atoms with Gasteiger partial charge < -0.3 is 14.4 Å². The van der Waals surface area contributed by atoms with Gasteiger partial charge in [-0.2, -0.15) is 5.10 Å². The Bertz CT molecular complexity index is 641. The van der Waals surface area contributed by atoms with E-state index in [1.54, 1.807) is 6.33 Å². The number of hydrogen-bond donors (Lipinski definition) is 1. The largest absolute Gasteiger partial charge is 0.346 e. The van der Waals surface area contributed by atoms with E-state index >= 15 is 0 Å². The summed E-state index contributed by atoms with van der Waals surface area (Å²) in [6.45, 7) is 3.65. The molecule has 4 rings (SSSR count). The van der Waals surface area contributed by atoms with Gasteiger partial charge >= 0.3 is 0 Å². The standard InChI is InChI=1S/C17H21ClN4O2/c18-14-3-1-13(2-4-14)17-23-10-15(24-17)9-22-7-5-12(6-8-22)16-19-11-20-21-16/h1-4,11-12,15,17H,5-10H2,(H,19,20,21)/t15-,17-/m1/s1. The number of likely N-dealkylation sites (tertiary alicyclic amines) is 1. The summed E-state index contributed by atoms with van der Waals surface area (Å²) >= 11 is 5.93. The minimum Gasteiger partial charge on any atom is -0.346 e. The predicted molar refractivity (Wildman–Crippen MR) is 89.8 cm³/mol. The van der Waals surface area contributed by atoms with E-state index in [-0.39, 0.29) is 12.4 Å². The molecule has 0 aliphatic carbocycles. The third-order valence-corrected chi connectivity index (χ3v) is 5.01. The molecule has 0 unspecified atom stereocenters. The average Bonchev–Trinajstić information content (AvgIpc) is 3.28. The smallest absolute Gasteiger partial charge is 0.184 e. The third-order valence-electron chi connectivity index (χ3n) is 4.76. The second kappa shape index (κ2) is 7.19. The summed E-state index contributed by atoms with van der Waals surface area (Å²) in [6, 6.07) is 7.65. The van der Waals surface area contributed by atoms with Crippen LogP contribution in [0.1, 0.15) is 36.4 Å². The number of aromatic amines is 1. The molecule has 2 saturated heterocycles. The Kier molecular flexibility index (Phi) is 4.80. The number of hydrogen-bond acceptors (Lipinski definition) is 5. The zero-order valence-electron chi connectivity index (χ0n) is 13.4. The Morgan fingerprint density at radius 1 is 1.21 bits per heavy atom. The van der Waals surface area contributed by atoms with Crippen LogP contribution in [0.15, 0.2) is 30.6 Å². The molecule has 0 radical (unpaired) electrons. The highest BCUT2D eigenvalue weighted by Crippen LogP contribution is 2.30. The number of piperidine rings is 1. The molecule has 2 fully saturated rings. The molecule has 1 aromatic heterocycles. The van der Waals surface area contributed by atoms with Crippen molar-refractivity contribution in [3.63, 3.8) is 0 Å². The molecule has 0 saturated carbocycles. The van der Waals surface area contributed by atoms with Crippen LogP contribution in [-0.2, 0) is 9.47 Å². The average molecular weight is 349 g/mol. The topological polar surface area (TPSA) is 63.3 Å². The van der Waals surface area contributed by atoms with Gasteiger partial charge in [-0.25, -0.2) is 4.98 Å². The monoisotopic (exact) mass is 348 g/mol. The number of ether oxygens (including phenoxy) is 2. The number of nitrogens with zero attached hydrogens (tertiary/aromatic N) is 3. The van der Waals surface area contributed by atoms with Crippen molar-refractivity contribution in [1.82, 2.24) is 20.1 Å². The second-order valence-corrected chi connectivity index (χ2v) is 6.86. The lowest BCUT2D eigenvalue weighted by Gasteiger charge is -2.32. The Morgan fingerprint density at radius 2 is 2.00 bits per heavy atom. The van der Waals surface area contributed by atoms with Gasteiger partial charge in [0.1, 0.15) is 12.2 Å². The lowest BCUT2D eigenvalue weighted by Crippen LogP contribution is -2.39. The number of benzene rings is 1. The fourth-order valence-corrected chi connectivity index (χ4v) is 3.55. The van der Waals surface area contributed by atoms with Crippen molar-refractivity contribution >= 4 is 11.6 Å². The predicted octanol–water partition coefficient (Wildman–Crippen LogP) is 2.75. The second-order valence-electron chi connectivity index (χ2n) is 6.42. The Labute approximate surface area is 146 Å². The zero-order chi connectivity index (χ0) is 16.4. The van der Waals surface area contributed by atoms with Crippen LogP contribution in [0.3, 0.4) is 0 Å². The van der Waals surface area contributed by atoms with Gasteiger partial charge in [0.05, 0.1) is 12.7 Å². The molecule has 128 valence electrons. The van der Waals surface area contributed by atoms with Crippen molar-refractivity contribution in [2.45, 2.75) is 31.2 Å². The van der Waals surface area contributed by atoms with Gasteiger partial charge in [0.15, 0.2) is 6.29 Å². The molecule has 0 amide bonds. The van der Waals surface area contributed by atoms with Crippen molar-refractivity contribution < 1.29 is 9.47 Å². The van der Waals surface area contributed by atoms with Gasteiger partial charge in [0.2, 0.25) is 0 Å². The summed E-state index contributed by atoms with van der Waals surface area (Å²) in [5, 5.41) is 7.66. The molecule has 7 heteroatoms. The SMILES string of the molecule is Clc1ccc([C@@H]2OC[C@@H](CN3CCC(c4ncn[nH]4)CC3)O2)cc1. The van der Waals surface area contributed by atoms with Crippen molar-refractivity contribution in [1.29, 1.82) is 0 Å². The number of aromatic nitrogens is 3. The van der Waals surface area contributed by atoms with E-state index in [0.29, 0.717) is 12.5 Å². The lowest BCUT2D eigenvalue weighted by molar-refractivity contribution is -0.0650. The molecule has 24 heavy (non-hydrogen) atoms. The van der Waals surface area contributed by atoms with Crippen LogP contribution < -0.4 is 0 Å². The highest BCUT2D eigenvalue weighted by Gasteiger charge is 2.30. The van der Waals surface area contributed by atoms with Crippen LogP contribution in [0.2, 0.25) is 5.02 Å². The van der Waals surface area contributed by atoms with Crippen LogP contribution in [0.25, 0.3) is 0 Å². The van der Waals surface area contributed by atoms with Crippen LogP contribution in [-0.4, -0.2) is 52.4 Å². The van der Waals surface area contributed by atoms with Gasteiger partial charge in [-0.05, 0) is 38.1 Å². The van der Waals surface area contributed by atoms with Crippen LogP contribution in [0.5, 0.6) is 0 Å². The van der Waals surface area contributed by atoms with Gasteiger partial charge in [0.25, 0.3) is 0 Å². The molecule has 1 N–H and O–H groups in total. The van der Waals surface area contributed by atoms with Crippen molar-refractivity contribution in [3.8, 4) is 0 Å². The highest BCUT2D eigenvalue weighted by atomic mass is 35.5. The van der Waals surface area contributed by atoms with Crippen molar-refractivity contribution in [2.24, 2.45) is 0 Å². The summed E-state index contributed by atoms with van der Waals surface area (Å²) in [7, 11) is 0. The summed E-state index contributed by atoms with van der Waals surface area (Å²) in [4.78, 5) is 6.73. The van der Waals surface area contributed by atoms with E-state index in [0.717, 1.165) is 48.9 Å². The van der Waals surface area contributed by atoms with Crippen molar-refractivity contribution in [2.75, 3.05) is 26.2 Å². The lowest BCUT2D eigenvalue weighted by atomic mass is 9.96. The van der Waals surface area contributed by atoms with Crippen LogP contribution in [0.4, 0.5) is 0 Å². The van der Waals surface area contributed by atoms with E-state index in [1.807, 2.05) is 24.3 Å². The summed E-state index contributed by atoms with van der Waals surface area (Å²) < 4.78 is 11.9. The van der Waals surface area contributed by atoms with Gasteiger partial charge in [0, 0.05) is 23.0 Å². The molecule has 2 aliphatic rings. The maximum Gasteiger partial charge on any atom is 0.184 e. The highest BCUT2D eigenvalue weighted by molar-refractivity contribution is 6.30. The molecule has 2 atom stereocenters. The molecule has 1 aromatic carbocycles. The normalized spacial score (nSPS) is 26.0. The van der Waals surface area contributed by atoms with Gasteiger partial charge in [-0.3, -0.25) is 5.10 Å². The maximum atomic E-state index is 6.05. The summed E-state index contributed by atoms with van der Waals surface area (Å²) in [5.74, 6) is 1.50. The molecule has 3 heterocycles. The molecule has 6 nitrogen and oxygen atoms in total. The first kappa shape index (κ1) is 16.0. The third kappa shape index (κ3) is 3.62. The first-order chi connectivity index (χ1) is 11.8. The number of H-pyrrole nitrogens is 1. The van der Waals surface area contributed by atoms with E-state index in [2.05, 4.69) is 20.1 Å². The first-order valence-corrected chi connectivity index (χ1v) is 8.76. The van der Waals surface area contributed by atoms with E-state index < -0.39 is 0 Å². The van der Waals surface area contributed by atoms with Gasteiger partial charge in [-0.15, -0.1) is 0 Å². The van der Waals surface area contributed by atoms with E-state index in [1.165, 1.54) is 0 Å². The Balaban J connectivity index is 1.26. The Morgan fingerprint density at radius 3 is 2.71 bits per heavy atom. The summed E-state index contributed by atoms with van der Waals surface area (Å²) in [6.07, 6.45) is 3.63. The molecule has 0 spiro atoms. The number of rotatable bonds is 4.